The summed E-state index contributed by atoms with van der Waals surface area (Å²) in [5.74, 6) is -3.51. The number of nitrogens with one attached hydrogen (secondary N) is 1. The van der Waals surface area contributed by atoms with Gasteiger partial charge in [0, 0.05) is 12.2 Å². The molecule has 2 aromatic rings. The summed E-state index contributed by atoms with van der Waals surface area (Å²) in [5, 5.41) is 9.64. The highest BCUT2D eigenvalue weighted by molar-refractivity contribution is 5.40. The van der Waals surface area contributed by atoms with Crippen LogP contribution in [0.2, 0.25) is 0 Å². The molecule has 1 aromatic carbocycles. The maximum absolute atomic E-state index is 14.3. The first-order valence-corrected chi connectivity index (χ1v) is 8.01. The van der Waals surface area contributed by atoms with Crippen molar-refractivity contribution in [1.82, 2.24) is 9.55 Å². The topological polar surface area (TPSA) is 67.2 Å². The minimum absolute atomic E-state index is 0.166. The molecule has 0 spiro atoms. The fourth-order valence-corrected chi connectivity index (χ4v) is 2.40. The van der Waals surface area contributed by atoms with Crippen LogP contribution in [0.5, 0.6) is 5.88 Å². The number of hydrogen-bond acceptors (Lipinski definition) is 3. The lowest BCUT2D eigenvalue weighted by Crippen LogP contribution is -2.22. The van der Waals surface area contributed by atoms with Crippen molar-refractivity contribution >= 4 is 0 Å². The lowest BCUT2D eigenvalue weighted by Gasteiger charge is -2.18. The van der Waals surface area contributed by atoms with Crippen LogP contribution in [0.25, 0.3) is 5.69 Å². The van der Waals surface area contributed by atoms with E-state index in [1.165, 1.54) is 24.3 Å². The van der Waals surface area contributed by atoms with Crippen LogP contribution in [-0.4, -0.2) is 27.9 Å². The molecule has 24 heavy (non-hydrogen) atoms. The van der Waals surface area contributed by atoms with Gasteiger partial charge >= 0.3 is 5.69 Å². The predicted molar refractivity (Wildman–Crippen MR) is 86.9 cm³/mol. The summed E-state index contributed by atoms with van der Waals surface area (Å²) in [7, 11) is 0. The lowest BCUT2D eigenvalue weighted by atomic mass is 10.1. The van der Waals surface area contributed by atoms with Crippen molar-refractivity contribution in [2.45, 2.75) is 38.5 Å². The van der Waals surface area contributed by atoms with E-state index in [9.17, 15) is 18.7 Å². The Balaban J connectivity index is 2.05. The normalized spacial score (nSPS) is 11.8. The van der Waals surface area contributed by atoms with Crippen LogP contribution >= 0.6 is 0 Å². The minimum Gasteiger partial charge on any atom is -0.493 e. The molecule has 0 amide bonds. The van der Waals surface area contributed by atoms with Crippen molar-refractivity contribution in [3.05, 3.63) is 46.5 Å². The molecule has 2 rings (SSSR count). The Kier molecular flexibility index (Phi) is 6.14. The predicted octanol–water partition coefficient (Wildman–Crippen LogP) is 3.56. The number of halogens is 2. The standard InChI is InChI=1S/C17H22F2N2O3/c1-2-3-4-5-9-24-12-17(18,19)13-7-6-8-14(10-13)21-15(22)11-20-16(21)23/h6-8,10-11,22H,2-5,9,12H2,1H3,(H,20,23). The average Bonchev–Trinajstić information content (AvgIpc) is 2.89. The van der Waals surface area contributed by atoms with E-state index in [1.807, 2.05) is 0 Å². The number of aromatic amines is 1. The number of hydrogen-bond donors (Lipinski definition) is 2. The first kappa shape index (κ1) is 18.2. The van der Waals surface area contributed by atoms with Gasteiger partial charge in [-0.05, 0) is 18.6 Å². The minimum atomic E-state index is -3.17. The number of alkyl halides is 2. The first-order chi connectivity index (χ1) is 11.5. The second-order valence-corrected chi connectivity index (χ2v) is 5.66. The highest BCUT2D eigenvalue weighted by Gasteiger charge is 2.32. The molecule has 132 valence electrons. The molecule has 0 unspecified atom stereocenters. The molecule has 1 heterocycles. The van der Waals surface area contributed by atoms with E-state index in [2.05, 4.69) is 11.9 Å². The molecule has 0 saturated carbocycles. The number of aromatic nitrogens is 2. The smallest absolute Gasteiger partial charge is 0.333 e. The number of ether oxygens (including phenoxy) is 1. The van der Waals surface area contributed by atoms with Gasteiger partial charge in [-0.2, -0.15) is 8.78 Å². The van der Waals surface area contributed by atoms with E-state index < -0.39 is 18.2 Å². The Morgan fingerprint density at radius 2 is 2.08 bits per heavy atom. The van der Waals surface area contributed by atoms with Gasteiger partial charge in [-0.1, -0.05) is 38.3 Å². The van der Waals surface area contributed by atoms with Crippen molar-refractivity contribution in [3.63, 3.8) is 0 Å². The maximum atomic E-state index is 14.3. The monoisotopic (exact) mass is 340 g/mol. The summed E-state index contributed by atoms with van der Waals surface area (Å²) >= 11 is 0. The highest BCUT2D eigenvalue weighted by atomic mass is 19.3. The van der Waals surface area contributed by atoms with E-state index >= 15 is 0 Å². The molecule has 0 radical (unpaired) electrons. The third kappa shape index (κ3) is 4.44. The fraction of sp³-hybridized carbons (Fsp3) is 0.471. The molecular formula is C17H22F2N2O3. The Labute approximate surface area is 138 Å². The zero-order valence-electron chi connectivity index (χ0n) is 13.6. The van der Waals surface area contributed by atoms with Crippen molar-refractivity contribution in [2.24, 2.45) is 0 Å². The summed E-state index contributed by atoms with van der Waals surface area (Å²) in [4.78, 5) is 13.9. The molecular weight excluding hydrogens is 318 g/mol. The second kappa shape index (κ2) is 8.10. The van der Waals surface area contributed by atoms with Gasteiger partial charge in [0.25, 0.3) is 5.92 Å². The van der Waals surface area contributed by atoms with Gasteiger partial charge in [0.2, 0.25) is 5.88 Å². The Morgan fingerprint density at radius 3 is 2.75 bits per heavy atom. The molecule has 0 aliphatic heterocycles. The zero-order valence-corrected chi connectivity index (χ0v) is 13.6. The summed E-state index contributed by atoms with van der Waals surface area (Å²) < 4.78 is 34.6. The number of aromatic hydroxyl groups is 1. The number of benzene rings is 1. The molecule has 0 bridgehead atoms. The van der Waals surface area contributed by atoms with Gasteiger partial charge in [-0.3, -0.25) is 0 Å². The van der Waals surface area contributed by atoms with Gasteiger partial charge in [0.1, 0.15) is 6.61 Å². The zero-order chi connectivity index (χ0) is 17.6. The van der Waals surface area contributed by atoms with Crippen LogP contribution in [0, 0.1) is 0 Å². The summed E-state index contributed by atoms with van der Waals surface area (Å²) in [5.41, 5.74) is -0.694. The van der Waals surface area contributed by atoms with Gasteiger partial charge in [0.05, 0.1) is 11.9 Å². The van der Waals surface area contributed by atoms with Crippen LogP contribution in [0.4, 0.5) is 8.78 Å². The molecule has 5 nitrogen and oxygen atoms in total. The van der Waals surface area contributed by atoms with Gasteiger partial charge < -0.3 is 14.8 Å². The van der Waals surface area contributed by atoms with Crippen molar-refractivity contribution in [2.75, 3.05) is 13.2 Å². The molecule has 0 saturated heterocycles. The molecule has 0 fully saturated rings. The lowest BCUT2D eigenvalue weighted by molar-refractivity contribution is -0.0831. The number of unbranched alkanes of at least 4 members (excludes halogenated alkanes) is 3. The summed E-state index contributed by atoms with van der Waals surface area (Å²) in [6.45, 7) is 1.67. The van der Waals surface area contributed by atoms with E-state index in [0.29, 0.717) is 6.61 Å². The average molecular weight is 340 g/mol. The van der Waals surface area contributed by atoms with Crippen molar-refractivity contribution in [3.8, 4) is 11.6 Å². The highest BCUT2D eigenvalue weighted by Crippen LogP contribution is 2.30. The molecule has 0 aliphatic carbocycles. The number of rotatable bonds is 9. The Hall–Kier alpha value is -2.15. The third-order valence-electron chi connectivity index (χ3n) is 3.71. The van der Waals surface area contributed by atoms with E-state index in [0.717, 1.165) is 36.4 Å². The Morgan fingerprint density at radius 1 is 1.29 bits per heavy atom. The number of H-pyrrole nitrogens is 1. The van der Waals surface area contributed by atoms with Crippen LogP contribution in [-0.2, 0) is 10.7 Å². The molecule has 0 aliphatic rings. The number of nitrogens with zero attached hydrogens (tertiary/aromatic N) is 1. The van der Waals surface area contributed by atoms with E-state index in [1.54, 1.807) is 0 Å². The Bertz CT molecular complexity index is 710. The SMILES string of the molecule is CCCCCCOCC(F)(F)c1cccc(-n2c(O)c[nH]c2=O)c1. The largest absolute Gasteiger partial charge is 0.493 e. The van der Waals surface area contributed by atoms with Crippen molar-refractivity contribution < 1.29 is 18.6 Å². The van der Waals surface area contributed by atoms with Gasteiger partial charge in [-0.25, -0.2) is 9.36 Å². The maximum Gasteiger partial charge on any atom is 0.333 e. The van der Waals surface area contributed by atoms with Crippen LogP contribution in [0.15, 0.2) is 35.3 Å². The molecule has 0 atom stereocenters. The third-order valence-corrected chi connectivity index (χ3v) is 3.71. The van der Waals surface area contributed by atoms with Crippen molar-refractivity contribution in [1.29, 1.82) is 0 Å². The fourth-order valence-electron chi connectivity index (χ4n) is 2.40. The van der Waals surface area contributed by atoms with E-state index in [4.69, 9.17) is 4.74 Å². The molecule has 2 N–H and O–H groups in total. The molecule has 1 aromatic heterocycles. The number of imidazole rings is 1. The van der Waals surface area contributed by atoms with Gasteiger partial charge in [0.15, 0.2) is 0 Å². The quantitative estimate of drug-likeness (QED) is 0.686. The van der Waals surface area contributed by atoms with Gasteiger partial charge in [-0.15, -0.1) is 0 Å². The second-order valence-electron chi connectivity index (χ2n) is 5.66. The molecule has 7 heteroatoms. The van der Waals surface area contributed by atoms with Crippen LogP contribution in [0.1, 0.15) is 38.2 Å². The summed E-state index contributed by atoms with van der Waals surface area (Å²) in [6, 6.07) is 5.34. The first-order valence-electron chi connectivity index (χ1n) is 8.01. The van der Waals surface area contributed by atoms with Crippen LogP contribution in [0.3, 0.4) is 0 Å². The van der Waals surface area contributed by atoms with Crippen LogP contribution < -0.4 is 5.69 Å². The van der Waals surface area contributed by atoms with E-state index in [-0.39, 0.29) is 17.1 Å². The summed E-state index contributed by atoms with van der Waals surface area (Å²) in [6.07, 6.45) is 4.97.